The minimum atomic E-state index is -0.658. The Morgan fingerprint density at radius 1 is 1.35 bits per heavy atom. The first-order chi connectivity index (χ1) is 9.29. The summed E-state index contributed by atoms with van der Waals surface area (Å²) in [4.78, 5) is 25.3. The van der Waals surface area contributed by atoms with Gasteiger partial charge in [-0.05, 0) is 41.9 Å². The van der Waals surface area contributed by atoms with Crippen molar-refractivity contribution < 1.29 is 14.7 Å². The van der Waals surface area contributed by atoms with Crippen LogP contribution in [0.2, 0.25) is 0 Å². The molecule has 0 radical (unpaired) electrons. The lowest BCUT2D eigenvalue weighted by atomic mass is 10.1. The third-order valence-electron chi connectivity index (χ3n) is 3.19. The van der Waals surface area contributed by atoms with E-state index < -0.39 is 5.54 Å². The molecule has 0 heterocycles. The average Bonchev–Trinajstić information content (AvgIpc) is 2.44. The molecular weight excluding hydrogens is 324 g/mol. The summed E-state index contributed by atoms with van der Waals surface area (Å²) in [6, 6.07) is 7.00. The molecule has 5 nitrogen and oxygen atoms in total. The number of halogens is 1. The van der Waals surface area contributed by atoms with Crippen LogP contribution in [0.4, 0.5) is 0 Å². The van der Waals surface area contributed by atoms with Crippen LogP contribution >= 0.6 is 15.9 Å². The maximum Gasteiger partial charge on any atom is 0.252 e. The van der Waals surface area contributed by atoms with Crippen molar-refractivity contribution in [3.8, 4) is 0 Å². The first-order valence-corrected chi connectivity index (χ1v) is 6.99. The number of nitrogens with one attached hydrogen (secondary N) is 1. The summed E-state index contributed by atoms with van der Waals surface area (Å²) >= 11 is 3.29. The Labute approximate surface area is 127 Å². The summed E-state index contributed by atoms with van der Waals surface area (Å²) in [6.45, 7) is 3.24. The van der Waals surface area contributed by atoms with Crippen LogP contribution in [-0.4, -0.2) is 47.6 Å². The van der Waals surface area contributed by atoms with Gasteiger partial charge in [0.1, 0.15) is 0 Å². The Hall–Kier alpha value is -1.40. The molecule has 0 spiro atoms. The van der Waals surface area contributed by atoms with Crippen molar-refractivity contribution in [2.45, 2.75) is 19.4 Å². The second kappa shape index (κ2) is 6.85. The van der Waals surface area contributed by atoms with Gasteiger partial charge in [0.2, 0.25) is 5.91 Å². The van der Waals surface area contributed by atoms with Crippen molar-refractivity contribution >= 4 is 27.7 Å². The largest absolute Gasteiger partial charge is 0.394 e. The van der Waals surface area contributed by atoms with E-state index >= 15 is 0 Å². The van der Waals surface area contributed by atoms with Gasteiger partial charge in [0.25, 0.3) is 5.91 Å². The van der Waals surface area contributed by atoms with Gasteiger partial charge in [-0.25, -0.2) is 0 Å². The smallest absolute Gasteiger partial charge is 0.252 e. The molecule has 1 rings (SSSR count). The van der Waals surface area contributed by atoms with Gasteiger partial charge in [0.15, 0.2) is 0 Å². The molecule has 0 aliphatic heterocycles. The molecule has 1 aromatic carbocycles. The number of benzene rings is 1. The first kappa shape index (κ1) is 16.7. The summed E-state index contributed by atoms with van der Waals surface area (Å²) in [5.41, 5.74) is -0.181. The van der Waals surface area contributed by atoms with Crippen LogP contribution in [0.3, 0.4) is 0 Å². The van der Waals surface area contributed by atoms with Crippen molar-refractivity contribution in [2.75, 3.05) is 20.2 Å². The number of aliphatic hydroxyl groups is 1. The molecule has 110 valence electrons. The Balaban J connectivity index is 2.62. The van der Waals surface area contributed by atoms with Crippen molar-refractivity contribution in [3.63, 3.8) is 0 Å². The summed E-state index contributed by atoms with van der Waals surface area (Å²) in [5.74, 6) is -0.578. The van der Waals surface area contributed by atoms with Crippen LogP contribution in [0.5, 0.6) is 0 Å². The number of aliphatic hydroxyl groups excluding tert-OH is 1. The fraction of sp³-hybridized carbons (Fsp3) is 0.429. The highest BCUT2D eigenvalue weighted by Crippen LogP contribution is 2.15. The van der Waals surface area contributed by atoms with Gasteiger partial charge in [0, 0.05) is 11.5 Å². The van der Waals surface area contributed by atoms with Gasteiger partial charge in [-0.2, -0.15) is 0 Å². The van der Waals surface area contributed by atoms with Gasteiger partial charge in [0.05, 0.1) is 24.3 Å². The third kappa shape index (κ3) is 4.05. The van der Waals surface area contributed by atoms with E-state index in [2.05, 4.69) is 21.2 Å². The zero-order chi connectivity index (χ0) is 15.3. The topological polar surface area (TPSA) is 69.6 Å². The molecule has 2 N–H and O–H groups in total. The van der Waals surface area contributed by atoms with Crippen molar-refractivity contribution in [2.24, 2.45) is 0 Å². The highest BCUT2D eigenvalue weighted by atomic mass is 79.9. The highest BCUT2D eigenvalue weighted by Gasteiger charge is 2.26. The van der Waals surface area contributed by atoms with Gasteiger partial charge in [-0.15, -0.1) is 0 Å². The maximum absolute atomic E-state index is 12.0. The van der Waals surface area contributed by atoms with E-state index in [-0.39, 0.29) is 25.0 Å². The highest BCUT2D eigenvalue weighted by molar-refractivity contribution is 9.10. The number of likely N-dealkylation sites (N-methyl/N-ethyl adjacent to an activating group) is 1. The molecule has 0 atom stereocenters. The van der Waals surface area contributed by atoms with E-state index in [1.165, 1.54) is 4.90 Å². The van der Waals surface area contributed by atoms with E-state index in [0.29, 0.717) is 10.0 Å². The number of carbonyl (C=O) groups excluding carboxylic acids is 2. The second-order valence-corrected chi connectivity index (χ2v) is 5.94. The van der Waals surface area contributed by atoms with E-state index in [0.717, 1.165) is 0 Å². The molecule has 2 amide bonds. The zero-order valence-corrected chi connectivity index (χ0v) is 13.4. The lowest BCUT2D eigenvalue weighted by Gasteiger charge is -2.34. The molecule has 0 unspecified atom stereocenters. The van der Waals surface area contributed by atoms with Crippen molar-refractivity contribution in [3.05, 3.63) is 34.3 Å². The van der Waals surface area contributed by atoms with Gasteiger partial charge >= 0.3 is 0 Å². The Kier molecular flexibility index (Phi) is 5.71. The quantitative estimate of drug-likeness (QED) is 0.849. The normalized spacial score (nSPS) is 11.1. The zero-order valence-electron chi connectivity index (χ0n) is 11.8. The van der Waals surface area contributed by atoms with Crippen LogP contribution in [0.1, 0.15) is 24.2 Å². The standard InChI is InChI=1S/C14H19BrN2O3/c1-14(2,9-18)17(3)12(19)8-16-13(20)10-6-4-5-7-11(10)15/h4-7,18H,8-9H2,1-3H3,(H,16,20). The maximum atomic E-state index is 12.0. The minimum absolute atomic E-state index is 0.111. The number of rotatable bonds is 5. The van der Waals surface area contributed by atoms with Crippen LogP contribution in [0, 0.1) is 0 Å². The monoisotopic (exact) mass is 342 g/mol. The fourth-order valence-electron chi connectivity index (χ4n) is 1.46. The molecular formula is C14H19BrN2O3. The molecule has 0 saturated carbocycles. The van der Waals surface area contributed by atoms with Crippen LogP contribution in [-0.2, 0) is 4.79 Å². The number of carbonyl (C=O) groups is 2. The van der Waals surface area contributed by atoms with Crippen LogP contribution in [0.15, 0.2) is 28.7 Å². The SMILES string of the molecule is CN(C(=O)CNC(=O)c1ccccc1Br)C(C)(C)CO. The Morgan fingerprint density at radius 3 is 2.50 bits per heavy atom. The van der Waals surface area contributed by atoms with Gasteiger partial charge < -0.3 is 15.3 Å². The first-order valence-electron chi connectivity index (χ1n) is 6.20. The summed E-state index contributed by atoms with van der Waals surface area (Å²) < 4.78 is 0.675. The van der Waals surface area contributed by atoms with E-state index in [4.69, 9.17) is 0 Å². The molecule has 6 heteroatoms. The summed E-state index contributed by atoms with van der Waals surface area (Å²) in [7, 11) is 1.60. The van der Waals surface area contributed by atoms with E-state index in [1.807, 2.05) is 6.07 Å². The molecule has 0 aromatic heterocycles. The lowest BCUT2D eigenvalue weighted by Crippen LogP contribution is -2.50. The minimum Gasteiger partial charge on any atom is -0.394 e. The predicted molar refractivity (Wildman–Crippen MR) is 80.4 cm³/mol. The summed E-state index contributed by atoms with van der Waals surface area (Å²) in [5, 5.41) is 11.8. The third-order valence-corrected chi connectivity index (χ3v) is 3.88. The molecule has 20 heavy (non-hydrogen) atoms. The fourth-order valence-corrected chi connectivity index (χ4v) is 1.92. The number of hydrogen-bond acceptors (Lipinski definition) is 3. The summed E-state index contributed by atoms with van der Waals surface area (Å²) in [6.07, 6.45) is 0. The van der Waals surface area contributed by atoms with E-state index in [1.54, 1.807) is 39.1 Å². The molecule has 0 bridgehead atoms. The number of nitrogens with zero attached hydrogens (tertiary/aromatic N) is 1. The molecule has 0 fully saturated rings. The van der Waals surface area contributed by atoms with Gasteiger partial charge in [-0.3, -0.25) is 9.59 Å². The van der Waals surface area contributed by atoms with Crippen LogP contribution in [0.25, 0.3) is 0 Å². The number of hydrogen-bond donors (Lipinski definition) is 2. The second-order valence-electron chi connectivity index (χ2n) is 5.09. The van der Waals surface area contributed by atoms with Crippen molar-refractivity contribution in [1.82, 2.24) is 10.2 Å². The Bertz CT molecular complexity index is 503. The number of amides is 2. The Morgan fingerprint density at radius 2 is 1.95 bits per heavy atom. The van der Waals surface area contributed by atoms with Crippen LogP contribution < -0.4 is 5.32 Å². The molecule has 0 aliphatic carbocycles. The van der Waals surface area contributed by atoms with E-state index in [9.17, 15) is 14.7 Å². The van der Waals surface area contributed by atoms with Crippen molar-refractivity contribution in [1.29, 1.82) is 0 Å². The average molecular weight is 343 g/mol. The molecule has 0 aliphatic rings. The van der Waals surface area contributed by atoms with Gasteiger partial charge in [-0.1, -0.05) is 12.1 Å². The predicted octanol–water partition coefficient (Wildman–Crippen LogP) is 1.41. The molecule has 0 saturated heterocycles. The lowest BCUT2D eigenvalue weighted by molar-refractivity contribution is -0.134. The molecule has 1 aromatic rings.